The van der Waals surface area contributed by atoms with E-state index in [9.17, 15) is 0 Å². The van der Waals surface area contributed by atoms with E-state index in [2.05, 4.69) is 0 Å². The summed E-state index contributed by atoms with van der Waals surface area (Å²) in [6.07, 6.45) is -2.08. The van der Waals surface area contributed by atoms with Crippen LogP contribution in [-0.4, -0.2) is 56.1 Å². The van der Waals surface area contributed by atoms with Gasteiger partial charge >= 0.3 is 112 Å². The van der Waals surface area contributed by atoms with Gasteiger partial charge in [-0.15, -0.1) is 0 Å². The van der Waals surface area contributed by atoms with Gasteiger partial charge < -0.3 is 24.1 Å². The summed E-state index contributed by atoms with van der Waals surface area (Å²) in [5.74, 6) is 0. The summed E-state index contributed by atoms with van der Waals surface area (Å²) in [6, 6.07) is 0. The Bertz CT molecular complexity index is 212. The Balaban J connectivity index is -0.0000000159. The first kappa shape index (κ1) is 42.8. The second-order valence-corrected chi connectivity index (χ2v) is 3.72. The van der Waals surface area contributed by atoms with Crippen molar-refractivity contribution in [2.24, 2.45) is 0 Å². The average molecular weight is 372 g/mol. The molecule has 0 aromatic heterocycles. The van der Waals surface area contributed by atoms with Crippen molar-refractivity contribution in [2.75, 3.05) is 0 Å². The van der Waals surface area contributed by atoms with E-state index < -0.39 is 20.8 Å². The van der Waals surface area contributed by atoms with Crippen LogP contribution in [0.25, 0.3) is 0 Å². The van der Waals surface area contributed by atoms with Gasteiger partial charge in [-0.05, 0) is 0 Å². The largest absolute Gasteiger partial charge is 1.00 e. The van der Waals surface area contributed by atoms with E-state index in [0.717, 1.165) is 0 Å². The van der Waals surface area contributed by atoms with Crippen LogP contribution in [0.5, 0.6) is 0 Å². The standard InChI is InChI=1S/CHCl3.CH2O3.Mg.3Na.H2O4S.2H/c2*2-1(3)4;;;;;1-5(2,3)4;;/h1H;(H2,2,3,4);;;;;(H2,1,2,3,4);;/q;;;3*+1;;;/p-3. The van der Waals surface area contributed by atoms with Crippen LogP contribution >= 0.6 is 34.8 Å². The summed E-state index contributed by atoms with van der Waals surface area (Å²) in [6.45, 7) is 0. The third kappa shape index (κ3) is 438. The molecule has 1 N–H and O–H groups in total. The van der Waals surface area contributed by atoms with Crippen LogP contribution in [0.1, 0.15) is 0 Å². The Morgan fingerprint density at radius 1 is 1.06 bits per heavy atom. The van der Waals surface area contributed by atoms with Crippen LogP contribution < -0.4 is 93.8 Å². The molecule has 0 aliphatic rings. The third-order valence-corrected chi connectivity index (χ3v) is 0. The van der Waals surface area contributed by atoms with E-state index in [1.54, 1.807) is 0 Å². The summed E-state index contributed by atoms with van der Waals surface area (Å²) >= 11 is 14.4. The molecule has 86 valence electrons. The van der Waals surface area contributed by atoms with Crippen molar-refractivity contribution in [2.45, 2.75) is 4.30 Å². The van der Waals surface area contributed by atoms with Crippen molar-refractivity contribution in [1.82, 2.24) is 0 Å². The maximum absolute atomic E-state index is 8.52. The molecule has 0 aliphatic carbocycles. The normalized spacial score (nSPS) is 6.94. The van der Waals surface area contributed by atoms with Gasteiger partial charge in [0.15, 0.2) is 4.30 Å². The predicted octanol–water partition coefficient (Wildman–Crippen LogP) is -10.4. The smallest absolute Gasteiger partial charge is 0.759 e. The van der Waals surface area contributed by atoms with Crippen LogP contribution in [-0.2, 0) is 10.4 Å². The van der Waals surface area contributed by atoms with Crippen molar-refractivity contribution < 1.29 is 121 Å². The molecule has 0 rings (SSSR count). The fourth-order valence-electron chi connectivity index (χ4n) is 0. The second-order valence-electron chi connectivity index (χ2n) is 0.922. The number of alkyl halides is 3. The monoisotopic (exact) mass is 370 g/mol. The summed E-state index contributed by atoms with van der Waals surface area (Å²) in [4.78, 5) is 8.44. The number of hydrogen-bond acceptors (Lipinski definition) is 6. The number of hydrogen-bond donors (Lipinski definition) is 1. The van der Waals surface area contributed by atoms with Gasteiger partial charge in [0.05, 0.1) is 0 Å². The molecular formula is C2H4Cl3MgNa3O7S. The Labute approximate surface area is 196 Å². The van der Waals surface area contributed by atoms with Crippen LogP contribution in [0.15, 0.2) is 0 Å². The molecule has 0 aromatic rings. The maximum Gasteiger partial charge on any atom is 1.00 e. The molecule has 0 atom stereocenters. The minimum Gasteiger partial charge on any atom is -0.759 e. The number of halogens is 3. The van der Waals surface area contributed by atoms with Gasteiger partial charge in [0, 0.05) is 10.4 Å². The minimum atomic E-state index is -5.17. The summed E-state index contributed by atoms with van der Waals surface area (Å²) in [7, 11) is -5.17. The zero-order chi connectivity index (χ0) is 11.7. The van der Waals surface area contributed by atoms with Crippen LogP contribution in [0.2, 0.25) is 0 Å². The fourth-order valence-corrected chi connectivity index (χ4v) is 0. The van der Waals surface area contributed by atoms with Gasteiger partial charge in [0.25, 0.3) is 0 Å². The first-order chi connectivity index (χ1) is 5.46. The predicted molar refractivity (Wildman–Crippen MR) is 48.4 cm³/mol. The molecule has 0 amide bonds. The van der Waals surface area contributed by atoms with Gasteiger partial charge in [-0.3, -0.25) is 8.42 Å². The molecule has 7 nitrogen and oxygen atoms in total. The quantitative estimate of drug-likeness (QED) is 0.193. The minimum absolute atomic E-state index is 0. The van der Waals surface area contributed by atoms with Gasteiger partial charge in [0.1, 0.15) is 0 Å². The molecule has 0 saturated heterocycles. The summed E-state index contributed by atoms with van der Waals surface area (Å²) in [5.41, 5.74) is 0. The molecule has 0 aromatic carbocycles. The van der Waals surface area contributed by atoms with Crippen molar-refractivity contribution in [3.05, 3.63) is 0 Å². The van der Waals surface area contributed by atoms with Gasteiger partial charge in [-0.1, -0.05) is 34.8 Å². The molecule has 0 bridgehead atoms. The van der Waals surface area contributed by atoms with Crippen molar-refractivity contribution >= 4 is 74.4 Å². The Morgan fingerprint density at radius 2 is 1.06 bits per heavy atom. The van der Waals surface area contributed by atoms with E-state index in [4.69, 9.17) is 67.3 Å². The van der Waals surface area contributed by atoms with Crippen LogP contribution in [0.4, 0.5) is 4.79 Å². The molecule has 0 aliphatic heterocycles. The third-order valence-electron chi connectivity index (χ3n) is 0. The molecule has 0 heterocycles. The topological polar surface area (TPSA) is 141 Å². The van der Waals surface area contributed by atoms with Gasteiger partial charge in [-0.25, -0.2) is 0 Å². The Kier molecular flexibility index (Phi) is 70.6. The van der Waals surface area contributed by atoms with E-state index in [1.807, 2.05) is 0 Å². The first-order valence-electron chi connectivity index (χ1n) is 1.95. The molecule has 0 spiro atoms. The van der Waals surface area contributed by atoms with E-state index >= 15 is 0 Å². The Morgan fingerprint density at radius 3 is 1.06 bits per heavy atom. The average Bonchev–Trinajstić information content (AvgIpc) is 1.50. The van der Waals surface area contributed by atoms with Crippen molar-refractivity contribution in [3.63, 3.8) is 0 Å². The SMILES string of the molecule is ClC(Cl)Cl.O=C([O-])O.O=S(=O)([O-])[O-].[MgH2].[Na+].[Na+].[Na+]. The van der Waals surface area contributed by atoms with E-state index in [0.29, 0.717) is 0 Å². The maximum atomic E-state index is 8.52. The van der Waals surface area contributed by atoms with Gasteiger partial charge in [0.2, 0.25) is 6.16 Å². The first-order valence-corrected chi connectivity index (χ1v) is 4.60. The summed E-state index contributed by atoms with van der Waals surface area (Å²) in [5, 5.41) is 15.3. The van der Waals surface area contributed by atoms with Crippen molar-refractivity contribution in [3.8, 4) is 0 Å². The van der Waals surface area contributed by atoms with Crippen LogP contribution in [0, 0.1) is 0 Å². The number of rotatable bonds is 0. The molecule has 0 radical (unpaired) electrons. The molecule has 0 fully saturated rings. The zero-order valence-corrected chi connectivity index (χ0v) is 17.6. The molecule has 15 heteroatoms. The molecule has 0 unspecified atom stereocenters. The number of carboxylic acid groups (broad SMARTS) is 2. The van der Waals surface area contributed by atoms with Crippen molar-refractivity contribution in [1.29, 1.82) is 0 Å². The molecule has 17 heavy (non-hydrogen) atoms. The van der Waals surface area contributed by atoms with Gasteiger partial charge in [-0.2, -0.15) is 0 Å². The van der Waals surface area contributed by atoms with E-state index in [1.165, 1.54) is 0 Å². The van der Waals surface area contributed by atoms with E-state index in [-0.39, 0.29) is 112 Å². The number of carbonyl (C=O) groups is 1. The fraction of sp³-hybridized carbons (Fsp3) is 0.500. The molecule has 0 saturated carbocycles. The summed E-state index contributed by atoms with van der Waals surface area (Å²) < 4.78 is 33.3. The van der Waals surface area contributed by atoms with Crippen LogP contribution in [0.3, 0.4) is 0 Å². The zero-order valence-electron chi connectivity index (χ0n) is 8.52. The second kappa shape index (κ2) is 28.0. The molecular weight excluding hydrogens is 368 g/mol. The Hall–Kier alpha value is 3.78.